The van der Waals surface area contributed by atoms with Crippen LogP contribution in [0, 0.1) is 5.82 Å². The van der Waals surface area contributed by atoms with E-state index in [-0.39, 0.29) is 18.0 Å². The lowest BCUT2D eigenvalue weighted by atomic mass is 10.1. The number of benzene rings is 2. The SMILES string of the molecule is O=C(CNC(=O)c1ccc(F)cc1)NCCc1cccc(Cl)c1Cl. The molecule has 0 aliphatic carbocycles. The standard InChI is InChI=1S/C17H15Cl2FN2O2/c18-14-3-1-2-11(16(14)19)8-9-21-15(23)10-22-17(24)12-4-6-13(20)7-5-12/h1-7H,8-10H2,(H,21,23)(H,22,24). The highest BCUT2D eigenvalue weighted by molar-refractivity contribution is 6.42. The highest BCUT2D eigenvalue weighted by Crippen LogP contribution is 2.25. The molecule has 0 saturated carbocycles. The molecule has 0 heterocycles. The summed E-state index contributed by atoms with van der Waals surface area (Å²) in [5.74, 6) is -1.20. The van der Waals surface area contributed by atoms with Crippen LogP contribution in [-0.2, 0) is 11.2 Å². The van der Waals surface area contributed by atoms with Crippen LogP contribution in [-0.4, -0.2) is 24.9 Å². The molecule has 0 saturated heterocycles. The summed E-state index contributed by atoms with van der Waals surface area (Å²) >= 11 is 12.0. The molecule has 0 atom stereocenters. The van der Waals surface area contributed by atoms with Crippen LogP contribution in [0.1, 0.15) is 15.9 Å². The largest absolute Gasteiger partial charge is 0.354 e. The van der Waals surface area contributed by atoms with Gasteiger partial charge in [-0.2, -0.15) is 0 Å². The zero-order valence-electron chi connectivity index (χ0n) is 12.6. The van der Waals surface area contributed by atoms with Crippen LogP contribution in [0.2, 0.25) is 10.0 Å². The van der Waals surface area contributed by atoms with Crippen LogP contribution in [0.3, 0.4) is 0 Å². The van der Waals surface area contributed by atoms with Crippen molar-refractivity contribution in [3.05, 3.63) is 69.5 Å². The Hall–Kier alpha value is -2.11. The molecule has 2 rings (SSSR count). The van der Waals surface area contributed by atoms with Crippen molar-refractivity contribution in [3.63, 3.8) is 0 Å². The summed E-state index contributed by atoms with van der Waals surface area (Å²) < 4.78 is 12.8. The minimum Gasteiger partial charge on any atom is -0.354 e. The van der Waals surface area contributed by atoms with E-state index in [1.165, 1.54) is 24.3 Å². The normalized spacial score (nSPS) is 10.3. The van der Waals surface area contributed by atoms with Crippen molar-refractivity contribution in [2.24, 2.45) is 0 Å². The fraction of sp³-hybridized carbons (Fsp3) is 0.176. The third kappa shape index (κ3) is 5.22. The predicted molar refractivity (Wildman–Crippen MR) is 91.9 cm³/mol. The van der Waals surface area contributed by atoms with Gasteiger partial charge in [-0.1, -0.05) is 35.3 Å². The quantitative estimate of drug-likeness (QED) is 0.822. The van der Waals surface area contributed by atoms with Crippen molar-refractivity contribution >= 4 is 35.0 Å². The van der Waals surface area contributed by atoms with Crippen molar-refractivity contribution in [3.8, 4) is 0 Å². The van der Waals surface area contributed by atoms with Crippen molar-refractivity contribution < 1.29 is 14.0 Å². The molecule has 126 valence electrons. The van der Waals surface area contributed by atoms with Gasteiger partial charge in [-0.25, -0.2) is 4.39 Å². The van der Waals surface area contributed by atoms with Gasteiger partial charge in [-0.3, -0.25) is 9.59 Å². The van der Waals surface area contributed by atoms with E-state index in [1.807, 2.05) is 6.07 Å². The first-order chi connectivity index (χ1) is 11.5. The molecule has 7 heteroatoms. The van der Waals surface area contributed by atoms with E-state index in [1.54, 1.807) is 12.1 Å². The zero-order valence-corrected chi connectivity index (χ0v) is 14.1. The third-order valence-corrected chi connectivity index (χ3v) is 4.12. The molecule has 0 radical (unpaired) electrons. The maximum Gasteiger partial charge on any atom is 0.251 e. The first-order valence-electron chi connectivity index (χ1n) is 7.20. The average Bonchev–Trinajstić information content (AvgIpc) is 2.57. The summed E-state index contributed by atoms with van der Waals surface area (Å²) in [4.78, 5) is 23.5. The number of halogens is 3. The summed E-state index contributed by atoms with van der Waals surface area (Å²) in [6.45, 7) is 0.199. The maximum atomic E-state index is 12.8. The van der Waals surface area contributed by atoms with Crippen molar-refractivity contribution in [2.45, 2.75) is 6.42 Å². The van der Waals surface area contributed by atoms with Crippen LogP contribution in [0.5, 0.6) is 0 Å². The molecule has 0 bridgehead atoms. The minimum atomic E-state index is -0.442. The van der Waals surface area contributed by atoms with E-state index in [2.05, 4.69) is 10.6 Å². The number of nitrogens with one attached hydrogen (secondary N) is 2. The van der Waals surface area contributed by atoms with Gasteiger partial charge in [0.25, 0.3) is 5.91 Å². The molecular weight excluding hydrogens is 354 g/mol. The molecule has 2 aromatic carbocycles. The topological polar surface area (TPSA) is 58.2 Å². The molecule has 2 aromatic rings. The zero-order chi connectivity index (χ0) is 17.5. The lowest BCUT2D eigenvalue weighted by molar-refractivity contribution is -0.120. The van der Waals surface area contributed by atoms with Gasteiger partial charge in [-0.15, -0.1) is 0 Å². The Bertz CT molecular complexity index is 736. The van der Waals surface area contributed by atoms with E-state index in [0.717, 1.165) is 5.56 Å². The monoisotopic (exact) mass is 368 g/mol. The highest BCUT2D eigenvalue weighted by atomic mass is 35.5. The molecule has 24 heavy (non-hydrogen) atoms. The van der Waals surface area contributed by atoms with Crippen molar-refractivity contribution in [1.29, 1.82) is 0 Å². The van der Waals surface area contributed by atoms with E-state index in [9.17, 15) is 14.0 Å². The van der Waals surface area contributed by atoms with Crippen LogP contribution in [0.15, 0.2) is 42.5 Å². The average molecular weight is 369 g/mol. The van der Waals surface area contributed by atoms with Gasteiger partial charge in [0, 0.05) is 12.1 Å². The molecule has 0 fully saturated rings. The lowest BCUT2D eigenvalue weighted by Crippen LogP contribution is -2.37. The van der Waals surface area contributed by atoms with Gasteiger partial charge in [0.05, 0.1) is 16.6 Å². The van der Waals surface area contributed by atoms with Gasteiger partial charge in [0.15, 0.2) is 0 Å². The summed E-state index contributed by atoms with van der Waals surface area (Å²) in [6, 6.07) is 10.4. The van der Waals surface area contributed by atoms with Crippen LogP contribution in [0.4, 0.5) is 4.39 Å². The molecular formula is C17H15Cl2FN2O2. The number of carbonyl (C=O) groups excluding carboxylic acids is 2. The summed E-state index contributed by atoms with van der Waals surface area (Å²) in [5.41, 5.74) is 1.12. The minimum absolute atomic E-state index is 0.167. The first-order valence-corrected chi connectivity index (χ1v) is 7.96. The summed E-state index contributed by atoms with van der Waals surface area (Å²) in [6.07, 6.45) is 0.525. The number of hydrogen-bond donors (Lipinski definition) is 2. The molecule has 4 nitrogen and oxygen atoms in total. The molecule has 0 aliphatic heterocycles. The third-order valence-electron chi connectivity index (χ3n) is 3.26. The Morgan fingerprint density at radius 1 is 1.00 bits per heavy atom. The Balaban J connectivity index is 1.74. The van der Waals surface area contributed by atoms with E-state index in [4.69, 9.17) is 23.2 Å². The Labute approximate surface area is 149 Å². The fourth-order valence-corrected chi connectivity index (χ4v) is 2.42. The predicted octanol–water partition coefficient (Wildman–Crippen LogP) is 3.22. The second-order valence-electron chi connectivity index (χ2n) is 5.00. The summed E-state index contributed by atoms with van der Waals surface area (Å²) in [7, 11) is 0. The van der Waals surface area contributed by atoms with Crippen LogP contribution < -0.4 is 10.6 Å². The van der Waals surface area contributed by atoms with Crippen molar-refractivity contribution in [2.75, 3.05) is 13.1 Å². The molecule has 2 amide bonds. The Morgan fingerprint density at radius 2 is 1.71 bits per heavy atom. The number of hydrogen-bond acceptors (Lipinski definition) is 2. The number of amides is 2. The van der Waals surface area contributed by atoms with Crippen molar-refractivity contribution in [1.82, 2.24) is 10.6 Å². The fourth-order valence-electron chi connectivity index (χ4n) is 2.00. The van der Waals surface area contributed by atoms with Crippen LogP contribution >= 0.6 is 23.2 Å². The molecule has 0 aliphatic rings. The first kappa shape index (κ1) is 18.2. The molecule has 0 aromatic heterocycles. The van der Waals surface area contributed by atoms with Gasteiger partial charge in [-0.05, 0) is 42.3 Å². The maximum absolute atomic E-state index is 12.8. The van der Waals surface area contributed by atoms with Crippen LogP contribution in [0.25, 0.3) is 0 Å². The Kier molecular flexibility index (Phi) is 6.58. The molecule has 0 spiro atoms. The number of rotatable bonds is 6. The van der Waals surface area contributed by atoms with E-state index < -0.39 is 11.7 Å². The smallest absolute Gasteiger partial charge is 0.251 e. The van der Waals surface area contributed by atoms with Gasteiger partial charge in [0.1, 0.15) is 5.82 Å². The summed E-state index contributed by atoms with van der Waals surface area (Å²) in [5, 5.41) is 6.08. The Morgan fingerprint density at radius 3 is 2.42 bits per heavy atom. The van der Waals surface area contributed by atoms with E-state index in [0.29, 0.717) is 23.0 Å². The van der Waals surface area contributed by atoms with Gasteiger partial charge >= 0.3 is 0 Å². The van der Waals surface area contributed by atoms with E-state index >= 15 is 0 Å². The number of carbonyl (C=O) groups is 2. The highest BCUT2D eigenvalue weighted by Gasteiger charge is 2.09. The molecule has 2 N–H and O–H groups in total. The van der Waals surface area contributed by atoms with Gasteiger partial charge in [0.2, 0.25) is 5.91 Å². The second-order valence-corrected chi connectivity index (χ2v) is 5.79. The molecule has 0 unspecified atom stereocenters. The van der Waals surface area contributed by atoms with Gasteiger partial charge < -0.3 is 10.6 Å². The lowest BCUT2D eigenvalue weighted by Gasteiger charge is -2.08. The second kappa shape index (κ2) is 8.66.